The topological polar surface area (TPSA) is 61.0 Å². The highest BCUT2D eigenvalue weighted by atomic mass is 16.5. The molecule has 0 bridgehead atoms. The van der Waals surface area contributed by atoms with Crippen molar-refractivity contribution in [2.45, 2.75) is 39.2 Å². The van der Waals surface area contributed by atoms with Crippen molar-refractivity contribution < 1.29 is 4.74 Å². The number of rotatable bonds is 2. The SMILES string of the molecule is Cc1nc(CC2CCCO2)nc(N)c1C. The highest BCUT2D eigenvalue weighted by molar-refractivity contribution is 5.40. The molecule has 0 spiro atoms. The van der Waals surface area contributed by atoms with E-state index in [1.165, 1.54) is 0 Å². The van der Waals surface area contributed by atoms with Crippen LogP contribution in [-0.2, 0) is 11.2 Å². The summed E-state index contributed by atoms with van der Waals surface area (Å²) in [6.07, 6.45) is 3.32. The van der Waals surface area contributed by atoms with Crippen LogP contribution >= 0.6 is 0 Å². The molecule has 82 valence electrons. The second-order valence-electron chi connectivity index (χ2n) is 4.07. The average molecular weight is 207 g/mol. The Morgan fingerprint density at radius 1 is 1.40 bits per heavy atom. The molecule has 4 nitrogen and oxygen atoms in total. The van der Waals surface area contributed by atoms with Gasteiger partial charge in [0.2, 0.25) is 0 Å². The average Bonchev–Trinajstić information content (AvgIpc) is 2.66. The third-order valence-electron chi connectivity index (χ3n) is 2.91. The number of nitrogens with two attached hydrogens (primary N) is 1. The van der Waals surface area contributed by atoms with E-state index in [1.807, 2.05) is 13.8 Å². The first-order chi connectivity index (χ1) is 7.16. The van der Waals surface area contributed by atoms with Crippen LogP contribution in [0, 0.1) is 13.8 Å². The van der Waals surface area contributed by atoms with E-state index < -0.39 is 0 Å². The Labute approximate surface area is 89.9 Å². The zero-order valence-electron chi connectivity index (χ0n) is 9.29. The number of aromatic nitrogens is 2. The zero-order chi connectivity index (χ0) is 10.8. The van der Waals surface area contributed by atoms with Crippen molar-refractivity contribution in [2.24, 2.45) is 0 Å². The number of hydrogen-bond donors (Lipinski definition) is 1. The molecular formula is C11H17N3O. The number of anilines is 1. The standard InChI is InChI=1S/C11H17N3O/c1-7-8(2)13-10(14-11(7)12)6-9-4-3-5-15-9/h9H,3-6H2,1-2H3,(H2,12,13,14). The van der Waals surface area contributed by atoms with E-state index in [1.54, 1.807) is 0 Å². The zero-order valence-corrected chi connectivity index (χ0v) is 9.29. The van der Waals surface area contributed by atoms with Gasteiger partial charge in [0, 0.05) is 24.3 Å². The maximum Gasteiger partial charge on any atom is 0.133 e. The molecule has 0 radical (unpaired) electrons. The summed E-state index contributed by atoms with van der Waals surface area (Å²) in [7, 11) is 0. The van der Waals surface area contributed by atoms with Crippen LogP contribution < -0.4 is 5.73 Å². The lowest BCUT2D eigenvalue weighted by molar-refractivity contribution is 0.110. The van der Waals surface area contributed by atoms with Gasteiger partial charge in [0.05, 0.1) is 6.10 Å². The molecule has 0 aromatic carbocycles. The van der Waals surface area contributed by atoms with Gasteiger partial charge in [-0.25, -0.2) is 9.97 Å². The van der Waals surface area contributed by atoms with E-state index in [-0.39, 0.29) is 6.10 Å². The Hall–Kier alpha value is -1.16. The number of nitrogen functional groups attached to an aromatic ring is 1. The van der Waals surface area contributed by atoms with Crippen LogP contribution in [-0.4, -0.2) is 22.7 Å². The Morgan fingerprint density at radius 3 is 2.80 bits per heavy atom. The molecule has 1 fully saturated rings. The van der Waals surface area contributed by atoms with Crippen molar-refractivity contribution in [1.82, 2.24) is 9.97 Å². The lowest BCUT2D eigenvalue weighted by Crippen LogP contribution is -2.13. The van der Waals surface area contributed by atoms with Gasteiger partial charge in [-0.05, 0) is 26.7 Å². The first-order valence-corrected chi connectivity index (χ1v) is 5.38. The summed E-state index contributed by atoms with van der Waals surface area (Å²) in [6.45, 7) is 4.78. The third-order valence-corrected chi connectivity index (χ3v) is 2.91. The lowest BCUT2D eigenvalue weighted by atomic mass is 10.1. The van der Waals surface area contributed by atoms with Crippen molar-refractivity contribution in [3.63, 3.8) is 0 Å². The summed E-state index contributed by atoms with van der Waals surface area (Å²) >= 11 is 0. The summed E-state index contributed by atoms with van der Waals surface area (Å²) in [5.41, 5.74) is 7.75. The largest absolute Gasteiger partial charge is 0.383 e. The van der Waals surface area contributed by atoms with Gasteiger partial charge in [-0.3, -0.25) is 0 Å². The van der Waals surface area contributed by atoms with Crippen molar-refractivity contribution in [3.05, 3.63) is 17.1 Å². The molecule has 15 heavy (non-hydrogen) atoms. The quantitative estimate of drug-likeness (QED) is 0.796. The van der Waals surface area contributed by atoms with Crippen molar-refractivity contribution >= 4 is 5.82 Å². The van der Waals surface area contributed by atoms with Gasteiger partial charge in [-0.1, -0.05) is 0 Å². The van der Waals surface area contributed by atoms with Gasteiger partial charge < -0.3 is 10.5 Å². The van der Waals surface area contributed by atoms with Gasteiger partial charge in [0.1, 0.15) is 11.6 Å². The predicted octanol–water partition coefficient (Wildman–Crippen LogP) is 1.40. The second-order valence-corrected chi connectivity index (χ2v) is 4.07. The Bertz CT molecular complexity index is 336. The fourth-order valence-electron chi connectivity index (χ4n) is 1.81. The Balaban J connectivity index is 2.14. The molecule has 0 saturated carbocycles. The van der Waals surface area contributed by atoms with Crippen molar-refractivity contribution in [2.75, 3.05) is 12.3 Å². The van der Waals surface area contributed by atoms with E-state index in [0.717, 1.165) is 43.0 Å². The van der Waals surface area contributed by atoms with Crippen LogP contribution in [0.25, 0.3) is 0 Å². The summed E-state index contributed by atoms with van der Waals surface area (Å²) in [4.78, 5) is 8.71. The first kappa shape index (κ1) is 10.4. The summed E-state index contributed by atoms with van der Waals surface area (Å²) < 4.78 is 5.55. The number of hydrogen-bond acceptors (Lipinski definition) is 4. The fraction of sp³-hybridized carbons (Fsp3) is 0.636. The van der Waals surface area contributed by atoms with E-state index in [9.17, 15) is 0 Å². The molecule has 0 aliphatic carbocycles. The minimum atomic E-state index is 0.284. The predicted molar refractivity (Wildman–Crippen MR) is 58.6 cm³/mol. The number of aryl methyl sites for hydroxylation is 1. The molecule has 1 aromatic rings. The molecule has 4 heteroatoms. The molecular weight excluding hydrogens is 190 g/mol. The molecule has 1 aliphatic heterocycles. The van der Waals surface area contributed by atoms with Crippen LogP contribution in [0.15, 0.2) is 0 Å². The number of nitrogens with zero attached hydrogens (tertiary/aromatic N) is 2. The highest BCUT2D eigenvalue weighted by Crippen LogP contribution is 2.17. The molecule has 1 aromatic heterocycles. The van der Waals surface area contributed by atoms with Crippen LogP contribution in [0.5, 0.6) is 0 Å². The maximum atomic E-state index is 5.80. The normalized spacial score (nSPS) is 20.8. The van der Waals surface area contributed by atoms with Crippen LogP contribution in [0.1, 0.15) is 29.9 Å². The van der Waals surface area contributed by atoms with E-state index in [4.69, 9.17) is 10.5 Å². The third kappa shape index (κ3) is 2.26. The molecule has 1 aliphatic rings. The molecule has 2 N–H and O–H groups in total. The van der Waals surface area contributed by atoms with Crippen molar-refractivity contribution in [3.8, 4) is 0 Å². The lowest BCUT2D eigenvalue weighted by Gasteiger charge is -2.10. The molecule has 1 saturated heterocycles. The van der Waals surface area contributed by atoms with Gasteiger partial charge in [0.25, 0.3) is 0 Å². The Morgan fingerprint density at radius 2 is 2.20 bits per heavy atom. The monoisotopic (exact) mass is 207 g/mol. The maximum absolute atomic E-state index is 5.80. The highest BCUT2D eigenvalue weighted by Gasteiger charge is 2.18. The summed E-state index contributed by atoms with van der Waals surface area (Å²) in [6, 6.07) is 0. The van der Waals surface area contributed by atoms with Gasteiger partial charge in [-0.2, -0.15) is 0 Å². The van der Waals surface area contributed by atoms with Crippen molar-refractivity contribution in [1.29, 1.82) is 0 Å². The fourth-order valence-corrected chi connectivity index (χ4v) is 1.81. The molecule has 1 unspecified atom stereocenters. The Kier molecular flexibility index (Phi) is 2.86. The van der Waals surface area contributed by atoms with Crippen LogP contribution in [0.2, 0.25) is 0 Å². The van der Waals surface area contributed by atoms with E-state index in [2.05, 4.69) is 9.97 Å². The van der Waals surface area contributed by atoms with Crippen LogP contribution in [0.4, 0.5) is 5.82 Å². The van der Waals surface area contributed by atoms with E-state index in [0.29, 0.717) is 5.82 Å². The van der Waals surface area contributed by atoms with Gasteiger partial charge in [0.15, 0.2) is 0 Å². The van der Waals surface area contributed by atoms with Crippen LogP contribution in [0.3, 0.4) is 0 Å². The minimum Gasteiger partial charge on any atom is -0.383 e. The first-order valence-electron chi connectivity index (χ1n) is 5.38. The summed E-state index contributed by atoms with van der Waals surface area (Å²) in [5.74, 6) is 1.40. The van der Waals surface area contributed by atoms with Gasteiger partial charge in [-0.15, -0.1) is 0 Å². The molecule has 0 amide bonds. The summed E-state index contributed by atoms with van der Waals surface area (Å²) in [5, 5.41) is 0. The second kappa shape index (κ2) is 4.14. The smallest absolute Gasteiger partial charge is 0.133 e. The van der Waals surface area contributed by atoms with Gasteiger partial charge >= 0.3 is 0 Å². The minimum absolute atomic E-state index is 0.284. The van der Waals surface area contributed by atoms with E-state index >= 15 is 0 Å². The molecule has 2 heterocycles. The molecule has 1 atom stereocenters. The molecule has 2 rings (SSSR count). The number of ether oxygens (including phenoxy) is 1.